The summed E-state index contributed by atoms with van der Waals surface area (Å²) in [5, 5.41) is 3.51. The number of hydrogen-bond donors (Lipinski definition) is 0. The Morgan fingerprint density at radius 2 is 0.955 bits per heavy atom. The van der Waals surface area contributed by atoms with E-state index in [4.69, 9.17) is 31.0 Å². The van der Waals surface area contributed by atoms with Gasteiger partial charge in [-0.25, -0.2) is 19.4 Å². The lowest BCUT2D eigenvalue weighted by atomic mass is 10.1. The van der Waals surface area contributed by atoms with Crippen molar-refractivity contribution < 1.29 is 19.1 Å². The number of aromatic nitrogens is 5. The van der Waals surface area contributed by atoms with Gasteiger partial charge in [0.2, 0.25) is 5.95 Å². The van der Waals surface area contributed by atoms with Gasteiger partial charge in [-0.05, 0) is 71.8 Å². The third-order valence-electron chi connectivity index (χ3n) is 11.7. The van der Waals surface area contributed by atoms with E-state index < -0.39 is 11.9 Å². The van der Waals surface area contributed by atoms with Crippen LogP contribution in [0.3, 0.4) is 0 Å². The molecule has 66 heavy (non-hydrogen) atoms. The van der Waals surface area contributed by atoms with E-state index in [0.29, 0.717) is 56.4 Å². The minimum absolute atomic E-state index is 0.112. The van der Waals surface area contributed by atoms with Crippen molar-refractivity contribution >= 4 is 61.2 Å². The molecule has 0 spiro atoms. The lowest BCUT2D eigenvalue weighted by molar-refractivity contribution is 0.0464. The molecule has 0 saturated carbocycles. The van der Waals surface area contributed by atoms with Crippen LogP contribution in [0.2, 0.25) is 0 Å². The molecule has 11 aromatic rings. The van der Waals surface area contributed by atoms with Crippen molar-refractivity contribution in [3.05, 3.63) is 228 Å². The van der Waals surface area contributed by atoms with E-state index in [1.54, 1.807) is 36.4 Å². The molecule has 11 rings (SSSR count). The third kappa shape index (κ3) is 7.26. The Balaban J connectivity index is 1.11. The molecular formula is C56H36N6O4. The van der Waals surface area contributed by atoms with Crippen LogP contribution in [0, 0.1) is 6.57 Å². The molecule has 0 atom stereocenters. The zero-order chi connectivity index (χ0) is 44.6. The van der Waals surface area contributed by atoms with E-state index in [-0.39, 0.29) is 13.2 Å². The molecule has 0 bridgehead atoms. The Labute approximate surface area is 378 Å². The summed E-state index contributed by atoms with van der Waals surface area (Å²) in [6.07, 6.45) is 0. The van der Waals surface area contributed by atoms with Crippen molar-refractivity contribution in [3.63, 3.8) is 0 Å². The predicted molar refractivity (Wildman–Crippen MR) is 257 cm³/mol. The minimum atomic E-state index is -0.488. The summed E-state index contributed by atoms with van der Waals surface area (Å²) >= 11 is 0. The lowest BCUT2D eigenvalue weighted by Crippen LogP contribution is -2.08. The second-order valence-corrected chi connectivity index (χ2v) is 15.8. The van der Waals surface area contributed by atoms with Gasteiger partial charge < -0.3 is 14.0 Å². The minimum Gasteiger partial charge on any atom is -0.457 e. The van der Waals surface area contributed by atoms with Gasteiger partial charge in [-0.15, -0.1) is 0 Å². The Kier molecular flexibility index (Phi) is 10.1. The first-order valence-electron chi connectivity index (χ1n) is 21.3. The number of para-hydroxylation sites is 2. The molecule has 0 N–H and O–H groups in total. The Morgan fingerprint density at radius 1 is 0.470 bits per heavy atom. The smallest absolute Gasteiger partial charge is 0.338 e. The average molecular weight is 857 g/mol. The molecule has 10 heteroatoms. The zero-order valence-electron chi connectivity index (χ0n) is 35.2. The van der Waals surface area contributed by atoms with Crippen LogP contribution in [-0.4, -0.2) is 36.0 Å². The number of carbonyl (C=O) groups is 2. The molecule has 0 aliphatic heterocycles. The normalized spacial score (nSPS) is 11.3. The summed E-state index contributed by atoms with van der Waals surface area (Å²) in [4.78, 5) is 46.7. The lowest BCUT2D eigenvalue weighted by Gasteiger charge is -2.16. The molecule has 3 aromatic heterocycles. The summed E-state index contributed by atoms with van der Waals surface area (Å²) in [6.45, 7) is 8.33. The van der Waals surface area contributed by atoms with Crippen LogP contribution in [0.4, 0.5) is 5.69 Å². The van der Waals surface area contributed by atoms with Crippen molar-refractivity contribution in [1.29, 1.82) is 0 Å². The van der Waals surface area contributed by atoms with Crippen LogP contribution in [0.15, 0.2) is 194 Å². The molecule has 0 saturated heterocycles. The van der Waals surface area contributed by atoms with Gasteiger partial charge in [-0.3, -0.25) is 4.57 Å². The van der Waals surface area contributed by atoms with Crippen molar-refractivity contribution in [3.8, 4) is 34.4 Å². The molecule has 3 heterocycles. The van der Waals surface area contributed by atoms with Crippen LogP contribution in [0.5, 0.6) is 0 Å². The highest BCUT2D eigenvalue weighted by Gasteiger charge is 2.23. The maximum atomic E-state index is 13.7. The summed E-state index contributed by atoms with van der Waals surface area (Å²) < 4.78 is 15.7. The van der Waals surface area contributed by atoms with E-state index in [1.807, 2.05) is 133 Å². The highest BCUT2D eigenvalue weighted by Crippen LogP contribution is 2.39. The van der Waals surface area contributed by atoms with Crippen molar-refractivity contribution in [2.24, 2.45) is 0 Å². The van der Waals surface area contributed by atoms with Crippen LogP contribution < -0.4 is 0 Å². The first-order valence-corrected chi connectivity index (χ1v) is 21.3. The summed E-state index contributed by atoms with van der Waals surface area (Å²) in [5.41, 5.74) is 8.18. The fourth-order valence-corrected chi connectivity index (χ4v) is 8.56. The van der Waals surface area contributed by atoms with E-state index >= 15 is 0 Å². The van der Waals surface area contributed by atoms with Gasteiger partial charge in [-0.2, -0.15) is 9.97 Å². The molecule has 0 fully saturated rings. The second kappa shape index (κ2) is 16.8. The quantitative estimate of drug-likeness (QED) is 0.0996. The largest absolute Gasteiger partial charge is 0.457 e. The zero-order valence-corrected chi connectivity index (χ0v) is 35.2. The van der Waals surface area contributed by atoms with Crippen molar-refractivity contribution in [2.75, 3.05) is 0 Å². The molecular weight excluding hydrogens is 821 g/mol. The third-order valence-corrected chi connectivity index (χ3v) is 11.7. The molecule has 0 amide bonds. The van der Waals surface area contributed by atoms with Crippen LogP contribution in [-0.2, 0) is 22.7 Å². The molecule has 10 nitrogen and oxygen atoms in total. The Morgan fingerprint density at radius 3 is 1.50 bits per heavy atom. The summed E-state index contributed by atoms with van der Waals surface area (Å²) in [5.74, 6) is 0.237. The number of hydrogen-bond acceptors (Lipinski definition) is 7. The Bertz CT molecular complexity index is 3540. The number of carbonyl (C=O) groups excluding carboxylic acids is 2. The topological polar surface area (TPSA) is 105 Å². The van der Waals surface area contributed by atoms with Crippen LogP contribution in [0.1, 0.15) is 31.8 Å². The SMILES string of the molecule is [C-]#[N+]c1ccc(-n2c3ccc(C(=O)OCc4ccccc4)cc3c3cc(C(=O)OCc4ccccc4)ccc32)c(-c2nc(-c3ccccc3)nc(-n3c4ccccc4c4ccccc43)n2)c1. The number of nitrogens with zero attached hydrogens (tertiary/aromatic N) is 6. The standard InChI is InChI=1S/C56H36N6O4/c1-57-41-27-30-51(46(33-41)53-58-52(38-19-9-4-10-20-38)59-56(60-53)62-47-23-13-11-21-42(47)43-22-12-14-24-48(43)62)61-49-28-25-39(54(63)65-34-36-15-5-2-6-16-36)31-44(49)45-32-40(26-29-50(45)61)55(64)66-35-37-17-7-3-8-18-37/h2-33H,34-35H2. The maximum Gasteiger partial charge on any atom is 0.338 e. The average Bonchev–Trinajstić information content (AvgIpc) is 3.90. The fraction of sp³-hybridized carbons (Fsp3) is 0.0357. The summed E-state index contributed by atoms with van der Waals surface area (Å²) in [7, 11) is 0. The number of benzene rings is 8. The number of ether oxygens (including phenoxy) is 2. The maximum absolute atomic E-state index is 13.7. The Hall–Kier alpha value is -9.20. The van der Waals surface area contributed by atoms with Gasteiger partial charge >= 0.3 is 11.9 Å². The van der Waals surface area contributed by atoms with Gasteiger partial charge in [0.1, 0.15) is 13.2 Å². The molecule has 0 aliphatic carbocycles. The van der Waals surface area contributed by atoms with Gasteiger partial charge in [0, 0.05) is 32.7 Å². The monoisotopic (exact) mass is 856 g/mol. The summed E-state index contributed by atoms with van der Waals surface area (Å²) in [6, 6.07) is 61.4. The van der Waals surface area contributed by atoms with E-state index in [1.165, 1.54) is 0 Å². The highest BCUT2D eigenvalue weighted by atomic mass is 16.5. The fourth-order valence-electron chi connectivity index (χ4n) is 8.56. The highest BCUT2D eigenvalue weighted by molar-refractivity contribution is 6.13. The predicted octanol–water partition coefficient (Wildman–Crippen LogP) is 12.7. The number of fused-ring (bicyclic) bond motifs is 6. The molecule has 0 unspecified atom stereocenters. The van der Waals surface area contributed by atoms with Crippen molar-refractivity contribution in [2.45, 2.75) is 13.2 Å². The number of esters is 2. The van der Waals surface area contributed by atoms with E-state index in [9.17, 15) is 9.59 Å². The molecule has 0 aliphatic rings. The molecule has 314 valence electrons. The van der Waals surface area contributed by atoms with Gasteiger partial charge in [0.05, 0.1) is 45.5 Å². The van der Waals surface area contributed by atoms with Crippen LogP contribution >= 0.6 is 0 Å². The van der Waals surface area contributed by atoms with E-state index in [2.05, 4.69) is 38.2 Å². The number of rotatable bonds is 10. The van der Waals surface area contributed by atoms with E-state index in [0.717, 1.165) is 49.5 Å². The van der Waals surface area contributed by atoms with Gasteiger partial charge in [-0.1, -0.05) is 133 Å². The van der Waals surface area contributed by atoms with Gasteiger partial charge in [0.15, 0.2) is 17.3 Å². The van der Waals surface area contributed by atoms with Crippen molar-refractivity contribution in [1.82, 2.24) is 24.1 Å². The first-order chi connectivity index (χ1) is 32.5. The van der Waals surface area contributed by atoms with Gasteiger partial charge in [0.25, 0.3) is 0 Å². The molecule has 0 radical (unpaired) electrons. The van der Waals surface area contributed by atoms with Crippen LogP contribution in [0.25, 0.3) is 82.9 Å². The first kappa shape index (κ1) is 39.6. The second-order valence-electron chi connectivity index (χ2n) is 15.8. The molecule has 8 aromatic carbocycles.